The Kier molecular flexibility index (Phi) is 7.17. The van der Waals surface area contributed by atoms with Crippen molar-refractivity contribution in [3.63, 3.8) is 0 Å². The van der Waals surface area contributed by atoms with Crippen LogP contribution >= 0.6 is 0 Å². The molecule has 0 fully saturated rings. The zero-order valence-electron chi connectivity index (χ0n) is 21.3. The molecule has 0 saturated carbocycles. The van der Waals surface area contributed by atoms with Crippen LogP contribution in [0.3, 0.4) is 0 Å². The van der Waals surface area contributed by atoms with Crippen molar-refractivity contribution >= 4 is 16.9 Å². The summed E-state index contributed by atoms with van der Waals surface area (Å²) in [5.41, 5.74) is 3.19. The Bertz CT molecular complexity index is 1310. The summed E-state index contributed by atoms with van der Waals surface area (Å²) in [5.74, 6) is 0.970. The molecule has 0 N–H and O–H groups in total. The fourth-order valence-corrected chi connectivity index (χ4v) is 4.77. The van der Waals surface area contributed by atoms with Crippen LogP contribution in [0.25, 0.3) is 11.0 Å². The fraction of sp³-hybridized carbons (Fsp3) is 0.429. The predicted octanol–water partition coefficient (Wildman–Crippen LogP) is 5.18. The summed E-state index contributed by atoms with van der Waals surface area (Å²) in [4.78, 5) is 29.1. The Morgan fingerprint density at radius 2 is 1.86 bits per heavy atom. The Morgan fingerprint density at radius 1 is 1.09 bits per heavy atom. The second-order valence-electron chi connectivity index (χ2n) is 9.15. The first-order valence-electron chi connectivity index (χ1n) is 12.1. The molecule has 0 radical (unpaired) electrons. The minimum atomic E-state index is -0.595. The third kappa shape index (κ3) is 4.65. The highest BCUT2D eigenvalue weighted by atomic mass is 16.5. The van der Waals surface area contributed by atoms with Crippen molar-refractivity contribution in [2.24, 2.45) is 0 Å². The quantitative estimate of drug-likeness (QED) is 0.394. The van der Waals surface area contributed by atoms with Crippen LogP contribution in [0, 0.1) is 13.8 Å². The second kappa shape index (κ2) is 10.1. The number of aryl methyl sites for hydroxylation is 2. The molecule has 1 atom stereocenters. The number of nitrogens with zero attached hydrogens (tertiary/aromatic N) is 1. The van der Waals surface area contributed by atoms with E-state index >= 15 is 0 Å². The average Bonchev–Trinajstić information content (AvgIpc) is 3.08. The van der Waals surface area contributed by atoms with Crippen LogP contribution in [-0.4, -0.2) is 43.8 Å². The van der Waals surface area contributed by atoms with Crippen LogP contribution in [0.15, 0.2) is 39.5 Å². The summed E-state index contributed by atoms with van der Waals surface area (Å²) < 4.78 is 23.0. The maximum Gasteiger partial charge on any atom is 0.290 e. The van der Waals surface area contributed by atoms with E-state index in [1.54, 1.807) is 12.0 Å². The number of carbonyl (C=O) groups excluding carboxylic acids is 1. The van der Waals surface area contributed by atoms with Crippen LogP contribution in [0.5, 0.6) is 11.5 Å². The first kappa shape index (κ1) is 24.8. The summed E-state index contributed by atoms with van der Waals surface area (Å²) in [5, 5.41) is 0.509. The van der Waals surface area contributed by atoms with Crippen LogP contribution < -0.4 is 14.9 Å². The maximum atomic E-state index is 13.9. The minimum Gasteiger partial charge on any atom is -0.493 e. The normalized spacial score (nSPS) is 15.2. The molecule has 1 aliphatic heterocycles. The van der Waals surface area contributed by atoms with Gasteiger partial charge in [0, 0.05) is 13.2 Å². The van der Waals surface area contributed by atoms with Gasteiger partial charge < -0.3 is 23.5 Å². The summed E-state index contributed by atoms with van der Waals surface area (Å²) in [6, 6.07) is 8.70. The molecule has 7 nitrogen and oxygen atoms in total. The van der Waals surface area contributed by atoms with Crippen molar-refractivity contribution in [3.8, 4) is 11.5 Å². The van der Waals surface area contributed by atoms with Gasteiger partial charge in [-0.05, 0) is 75.9 Å². The molecule has 2 aromatic carbocycles. The summed E-state index contributed by atoms with van der Waals surface area (Å²) in [6.45, 7) is 11.1. The Labute approximate surface area is 205 Å². The number of hydrogen-bond acceptors (Lipinski definition) is 6. The van der Waals surface area contributed by atoms with Crippen LogP contribution in [-0.2, 0) is 4.74 Å². The summed E-state index contributed by atoms with van der Waals surface area (Å²) in [6.07, 6.45) is 0.737. The molecule has 0 spiro atoms. The van der Waals surface area contributed by atoms with E-state index in [0.717, 1.165) is 16.7 Å². The van der Waals surface area contributed by atoms with Gasteiger partial charge >= 0.3 is 0 Å². The van der Waals surface area contributed by atoms with E-state index in [1.807, 2.05) is 65.0 Å². The molecule has 3 aromatic rings. The molecule has 0 aliphatic carbocycles. The van der Waals surface area contributed by atoms with Gasteiger partial charge in [-0.15, -0.1) is 0 Å². The van der Waals surface area contributed by atoms with Gasteiger partial charge in [0.15, 0.2) is 16.9 Å². The molecule has 2 heterocycles. The second-order valence-corrected chi connectivity index (χ2v) is 9.15. The van der Waals surface area contributed by atoms with E-state index in [9.17, 15) is 9.59 Å². The molecule has 7 heteroatoms. The van der Waals surface area contributed by atoms with E-state index in [1.165, 1.54) is 0 Å². The molecular formula is C28H33NO6. The van der Waals surface area contributed by atoms with E-state index in [4.69, 9.17) is 18.6 Å². The van der Waals surface area contributed by atoms with Crippen molar-refractivity contribution in [3.05, 3.63) is 68.6 Å². The monoisotopic (exact) mass is 479 g/mol. The van der Waals surface area contributed by atoms with Gasteiger partial charge in [-0.1, -0.05) is 12.1 Å². The minimum absolute atomic E-state index is 0.104. The topological polar surface area (TPSA) is 78.2 Å². The molecule has 4 rings (SSSR count). The largest absolute Gasteiger partial charge is 0.493 e. The number of methoxy groups -OCH3 is 1. The smallest absolute Gasteiger partial charge is 0.290 e. The number of benzene rings is 2. The molecule has 1 unspecified atom stereocenters. The number of amides is 1. The number of carbonyl (C=O) groups is 1. The SMILES string of the molecule is CCOc1ccc(C2c3c(oc4cc(C)cc(C)c4c3=O)C(=O)N2CCCOC(C)C)cc1OC. The highest BCUT2D eigenvalue weighted by Gasteiger charge is 2.43. The molecule has 1 aromatic heterocycles. The molecule has 35 heavy (non-hydrogen) atoms. The van der Waals surface area contributed by atoms with Crippen LogP contribution in [0.2, 0.25) is 0 Å². The first-order chi connectivity index (χ1) is 16.8. The van der Waals surface area contributed by atoms with E-state index in [0.29, 0.717) is 54.2 Å². The number of ether oxygens (including phenoxy) is 3. The Balaban J connectivity index is 1.87. The van der Waals surface area contributed by atoms with Gasteiger partial charge in [-0.2, -0.15) is 0 Å². The third-order valence-corrected chi connectivity index (χ3v) is 6.21. The predicted molar refractivity (Wildman–Crippen MR) is 135 cm³/mol. The van der Waals surface area contributed by atoms with Gasteiger partial charge in [-0.3, -0.25) is 9.59 Å². The van der Waals surface area contributed by atoms with Gasteiger partial charge in [0.25, 0.3) is 5.91 Å². The summed E-state index contributed by atoms with van der Waals surface area (Å²) in [7, 11) is 1.57. The maximum absolute atomic E-state index is 13.9. The number of hydrogen-bond donors (Lipinski definition) is 0. The third-order valence-electron chi connectivity index (χ3n) is 6.21. The molecule has 186 valence electrons. The molecule has 0 bridgehead atoms. The lowest BCUT2D eigenvalue weighted by molar-refractivity contribution is 0.0593. The number of fused-ring (bicyclic) bond motifs is 2. The number of rotatable bonds is 9. The Morgan fingerprint density at radius 3 is 2.54 bits per heavy atom. The van der Waals surface area contributed by atoms with Crippen molar-refractivity contribution in [1.82, 2.24) is 4.90 Å². The van der Waals surface area contributed by atoms with Crippen molar-refractivity contribution in [2.75, 3.05) is 26.9 Å². The van der Waals surface area contributed by atoms with Crippen LogP contribution in [0.4, 0.5) is 0 Å². The van der Waals surface area contributed by atoms with Gasteiger partial charge in [0.1, 0.15) is 5.58 Å². The lowest BCUT2D eigenvalue weighted by atomic mass is 9.96. The van der Waals surface area contributed by atoms with E-state index < -0.39 is 6.04 Å². The van der Waals surface area contributed by atoms with Crippen molar-refractivity contribution < 1.29 is 23.4 Å². The Hall–Kier alpha value is -3.32. The average molecular weight is 480 g/mol. The van der Waals surface area contributed by atoms with Crippen molar-refractivity contribution in [1.29, 1.82) is 0 Å². The van der Waals surface area contributed by atoms with E-state index in [-0.39, 0.29) is 23.2 Å². The van der Waals surface area contributed by atoms with Gasteiger partial charge in [0.2, 0.25) is 5.76 Å². The lowest BCUT2D eigenvalue weighted by Crippen LogP contribution is -2.31. The summed E-state index contributed by atoms with van der Waals surface area (Å²) >= 11 is 0. The fourth-order valence-electron chi connectivity index (χ4n) is 4.77. The zero-order valence-corrected chi connectivity index (χ0v) is 21.3. The van der Waals surface area contributed by atoms with Gasteiger partial charge in [-0.25, -0.2) is 0 Å². The van der Waals surface area contributed by atoms with E-state index in [2.05, 4.69) is 0 Å². The molecule has 1 amide bonds. The highest BCUT2D eigenvalue weighted by Crippen LogP contribution is 2.41. The zero-order chi connectivity index (χ0) is 25.3. The van der Waals surface area contributed by atoms with Crippen LogP contribution in [0.1, 0.15) is 66.0 Å². The first-order valence-corrected chi connectivity index (χ1v) is 12.1. The molecule has 1 aliphatic rings. The van der Waals surface area contributed by atoms with Gasteiger partial charge in [0.05, 0.1) is 36.8 Å². The molecule has 0 saturated heterocycles. The lowest BCUT2D eigenvalue weighted by Gasteiger charge is -2.26. The highest BCUT2D eigenvalue weighted by molar-refractivity contribution is 5.99. The van der Waals surface area contributed by atoms with Crippen molar-refractivity contribution in [2.45, 2.75) is 53.2 Å². The molecular weight excluding hydrogens is 446 g/mol. The standard InChI is InChI=1S/C28H33NO6/c1-7-33-20-10-9-19(15-21(20)32-6)25-24-26(30)23-18(5)13-17(4)14-22(23)35-27(24)28(31)29(25)11-8-12-34-16(2)3/h9-10,13-16,25H,7-8,11-12H2,1-6H3.